The SMILES string of the molecule is COc1cc(C)c(C(N)CC(=O)O)c(C)c1. The third kappa shape index (κ3) is 2.73. The molecule has 0 heterocycles. The minimum absolute atomic E-state index is 0.0615. The van der Waals surface area contributed by atoms with Crippen LogP contribution in [0.5, 0.6) is 5.75 Å². The summed E-state index contributed by atoms with van der Waals surface area (Å²) in [6.45, 7) is 3.82. The summed E-state index contributed by atoms with van der Waals surface area (Å²) >= 11 is 0. The number of hydrogen-bond acceptors (Lipinski definition) is 3. The van der Waals surface area contributed by atoms with Crippen LogP contribution in [0, 0.1) is 13.8 Å². The van der Waals surface area contributed by atoms with E-state index in [2.05, 4.69) is 0 Å². The molecule has 0 aliphatic heterocycles. The first-order chi connectivity index (χ1) is 7.45. The molecular weight excluding hydrogens is 206 g/mol. The predicted octanol–water partition coefficient (Wildman–Crippen LogP) is 1.79. The molecule has 0 aromatic heterocycles. The fourth-order valence-electron chi connectivity index (χ4n) is 1.93. The van der Waals surface area contributed by atoms with Gasteiger partial charge in [0.05, 0.1) is 13.5 Å². The van der Waals surface area contributed by atoms with Crippen LogP contribution in [0.25, 0.3) is 0 Å². The Labute approximate surface area is 95.0 Å². The van der Waals surface area contributed by atoms with Crippen LogP contribution in [0.4, 0.5) is 0 Å². The number of methoxy groups -OCH3 is 1. The van der Waals surface area contributed by atoms with Gasteiger partial charge in [-0.1, -0.05) is 0 Å². The Morgan fingerprint density at radius 1 is 1.44 bits per heavy atom. The van der Waals surface area contributed by atoms with Gasteiger partial charge in [0.1, 0.15) is 5.75 Å². The van der Waals surface area contributed by atoms with E-state index < -0.39 is 12.0 Å². The molecule has 0 spiro atoms. The van der Waals surface area contributed by atoms with E-state index in [0.717, 1.165) is 22.4 Å². The van der Waals surface area contributed by atoms with Crippen LogP contribution in [0.2, 0.25) is 0 Å². The Morgan fingerprint density at radius 3 is 2.31 bits per heavy atom. The first kappa shape index (κ1) is 12.5. The lowest BCUT2D eigenvalue weighted by Crippen LogP contribution is -2.17. The third-order valence-electron chi connectivity index (χ3n) is 2.57. The molecule has 1 atom stereocenters. The summed E-state index contributed by atoms with van der Waals surface area (Å²) < 4.78 is 5.13. The quantitative estimate of drug-likeness (QED) is 0.816. The van der Waals surface area contributed by atoms with Gasteiger partial charge in [-0.15, -0.1) is 0 Å². The zero-order valence-electron chi connectivity index (χ0n) is 9.78. The summed E-state index contributed by atoms with van der Waals surface area (Å²) in [7, 11) is 1.60. The van der Waals surface area contributed by atoms with E-state index >= 15 is 0 Å². The smallest absolute Gasteiger partial charge is 0.305 e. The van der Waals surface area contributed by atoms with Crippen molar-refractivity contribution in [3.63, 3.8) is 0 Å². The van der Waals surface area contributed by atoms with Gasteiger partial charge in [0.25, 0.3) is 0 Å². The first-order valence-corrected chi connectivity index (χ1v) is 5.08. The van der Waals surface area contributed by atoms with Gasteiger partial charge in [-0.3, -0.25) is 4.79 Å². The molecule has 1 unspecified atom stereocenters. The monoisotopic (exact) mass is 223 g/mol. The van der Waals surface area contributed by atoms with E-state index in [1.54, 1.807) is 7.11 Å². The lowest BCUT2D eigenvalue weighted by Gasteiger charge is -2.17. The lowest BCUT2D eigenvalue weighted by molar-refractivity contribution is -0.137. The van der Waals surface area contributed by atoms with E-state index in [1.165, 1.54) is 0 Å². The topological polar surface area (TPSA) is 72.5 Å². The molecule has 1 aromatic rings. The van der Waals surface area contributed by atoms with Crippen LogP contribution in [0.3, 0.4) is 0 Å². The summed E-state index contributed by atoms with van der Waals surface area (Å²) in [5, 5.41) is 8.72. The summed E-state index contributed by atoms with van der Waals surface area (Å²) in [6, 6.07) is 3.26. The molecule has 0 saturated carbocycles. The average Bonchev–Trinajstić information content (AvgIpc) is 2.15. The highest BCUT2D eigenvalue weighted by Crippen LogP contribution is 2.27. The lowest BCUT2D eigenvalue weighted by atomic mass is 9.94. The number of carboxylic acids is 1. The zero-order chi connectivity index (χ0) is 12.3. The van der Waals surface area contributed by atoms with E-state index in [9.17, 15) is 4.79 Å². The Hall–Kier alpha value is -1.55. The number of ether oxygens (including phenoxy) is 1. The number of aliphatic carboxylic acids is 1. The Bertz CT molecular complexity index is 378. The van der Waals surface area contributed by atoms with E-state index in [4.69, 9.17) is 15.6 Å². The van der Waals surface area contributed by atoms with Gasteiger partial charge in [-0.25, -0.2) is 0 Å². The van der Waals surface area contributed by atoms with Crippen LogP contribution >= 0.6 is 0 Å². The van der Waals surface area contributed by atoms with Gasteiger partial charge in [0.15, 0.2) is 0 Å². The molecular formula is C12H17NO3. The highest BCUT2D eigenvalue weighted by atomic mass is 16.5. The predicted molar refractivity (Wildman–Crippen MR) is 61.6 cm³/mol. The maximum absolute atomic E-state index is 10.6. The first-order valence-electron chi connectivity index (χ1n) is 5.08. The number of carboxylic acid groups (broad SMARTS) is 1. The van der Waals surface area contributed by atoms with Crippen LogP contribution in [0.1, 0.15) is 29.2 Å². The van der Waals surface area contributed by atoms with Gasteiger partial charge in [-0.2, -0.15) is 0 Å². The standard InChI is InChI=1S/C12H17NO3/c1-7-4-9(16-3)5-8(2)12(7)10(13)6-11(14)15/h4-5,10H,6,13H2,1-3H3,(H,14,15). The van der Waals surface area contributed by atoms with Crippen molar-refractivity contribution in [3.05, 3.63) is 28.8 Å². The molecule has 0 fully saturated rings. The zero-order valence-corrected chi connectivity index (χ0v) is 9.78. The molecule has 1 rings (SSSR count). The van der Waals surface area contributed by atoms with Crippen LogP contribution in [-0.2, 0) is 4.79 Å². The number of benzene rings is 1. The Morgan fingerprint density at radius 2 is 1.94 bits per heavy atom. The van der Waals surface area contributed by atoms with Gasteiger partial charge in [-0.05, 0) is 42.7 Å². The molecule has 0 radical (unpaired) electrons. The molecule has 16 heavy (non-hydrogen) atoms. The number of rotatable bonds is 4. The summed E-state index contributed by atoms with van der Waals surface area (Å²) in [5.74, 6) is -0.122. The van der Waals surface area contributed by atoms with Gasteiger partial charge >= 0.3 is 5.97 Å². The molecule has 4 heteroatoms. The number of carbonyl (C=O) groups is 1. The molecule has 1 aromatic carbocycles. The van der Waals surface area contributed by atoms with Gasteiger partial charge in [0, 0.05) is 6.04 Å². The van der Waals surface area contributed by atoms with Crippen LogP contribution in [0.15, 0.2) is 12.1 Å². The number of aryl methyl sites for hydroxylation is 2. The second kappa shape index (κ2) is 4.99. The second-order valence-corrected chi connectivity index (χ2v) is 3.88. The molecule has 4 nitrogen and oxygen atoms in total. The fourth-order valence-corrected chi connectivity index (χ4v) is 1.93. The highest BCUT2D eigenvalue weighted by Gasteiger charge is 2.16. The van der Waals surface area contributed by atoms with E-state index in [-0.39, 0.29) is 6.42 Å². The third-order valence-corrected chi connectivity index (χ3v) is 2.57. The molecule has 0 bridgehead atoms. The summed E-state index contributed by atoms with van der Waals surface area (Å²) in [4.78, 5) is 10.6. The van der Waals surface area contributed by atoms with Crippen molar-refractivity contribution in [2.24, 2.45) is 5.73 Å². The second-order valence-electron chi connectivity index (χ2n) is 3.88. The van der Waals surface area contributed by atoms with E-state index in [0.29, 0.717) is 0 Å². The van der Waals surface area contributed by atoms with Gasteiger partial charge < -0.3 is 15.6 Å². The number of nitrogens with two attached hydrogens (primary N) is 1. The van der Waals surface area contributed by atoms with Crippen molar-refractivity contribution < 1.29 is 14.6 Å². The highest BCUT2D eigenvalue weighted by molar-refractivity contribution is 5.68. The molecule has 0 saturated heterocycles. The van der Waals surface area contributed by atoms with Crippen molar-refractivity contribution in [1.82, 2.24) is 0 Å². The summed E-state index contributed by atoms with van der Waals surface area (Å²) in [6.07, 6.45) is -0.0615. The minimum atomic E-state index is -0.887. The number of hydrogen-bond donors (Lipinski definition) is 2. The fraction of sp³-hybridized carbons (Fsp3) is 0.417. The van der Waals surface area contributed by atoms with Crippen molar-refractivity contribution in [2.45, 2.75) is 26.3 Å². The van der Waals surface area contributed by atoms with Crippen molar-refractivity contribution in [2.75, 3.05) is 7.11 Å². The van der Waals surface area contributed by atoms with Crippen LogP contribution < -0.4 is 10.5 Å². The molecule has 0 aliphatic carbocycles. The average molecular weight is 223 g/mol. The van der Waals surface area contributed by atoms with Crippen molar-refractivity contribution >= 4 is 5.97 Å². The van der Waals surface area contributed by atoms with Crippen molar-refractivity contribution in [3.8, 4) is 5.75 Å². The largest absolute Gasteiger partial charge is 0.497 e. The van der Waals surface area contributed by atoms with E-state index in [1.807, 2.05) is 26.0 Å². The summed E-state index contributed by atoms with van der Waals surface area (Å²) in [5.41, 5.74) is 8.69. The maximum Gasteiger partial charge on any atom is 0.305 e. The van der Waals surface area contributed by atoms with Gasteiger partial charge in [0.2, 0.25) is 0 Å². The Kier molecular flexibility index (Phi) is 3.90. The normalized spacial score (nSPS) is 12.2. The van der Waals surface area contributed by atoms with Crippen LogP contribution in [-0.4, -0.2) is 18.2 Å². The molecule has 88 valence electrons. The Balaban J connectivity index is 3.08. The molecule has 0 amide bonds. The van der Waals surface area contributed by atoms with Crippen molar-refractivity contribution in [1.29, 1.82) is 0 Å². The maximum atomic E-state index is 10.6. The molecule has 3 N–H and O–H groups in total. The molecule has 0 aliphatic rings. The minimum Gasteiger partial charge on any atom is -0.497 e.